The number of carbonyl (C=O) groups is 1. The Bertz CT molecular complexity index is 826. The lowest BCUT2D eigenvalue weighted by molar-refractivity contribution is -0.121. The number of fused-ring (bicyclic) bond motifs is 1. The number of H-pyrrole nitrogens is 1. The van der Waals surface area contributed by atoms with E-state index >= 15 is 0 Å². The van der Waals surface area contributed by atoms with Crippen LogP contribution in [0.2, 0.25) is 0 Å². The molecule has 0 saturated heterocycles. The zero-order valence-electron chi connectivity index (χ0n) is 13.7. The van der Waals surface area contributed by atoms with Gasteiger partial charge in [0.05, 0.1) is 10.9 Å². The first-order valence-corrected chi connectivity index (χ1v) is 9.01. The lowest BCUT2D eigenvalue weighted by atomic mass is 10.2. The summed E-state index contributed by atoms with van der Waals surface area (Å²) in [7, 11) is 0. The van der Waals surface area contributed by atoms with E-state index in [9.17, 15) is 14.4 Å². The molecule has 6 nitrogen and oxygen atoms in total. The summed E-state index contributed by atoms with van der Waals surface area (Å²) in [5, 5.41) is 3.30. The van der Waals surface area contributed by atoms with Crippen LogP contribution in [0.15, 0.2) is 32.3 Å². The number of rotatable bonds is 8. The third-order valence-electron chi connectivity index (χ3n) is 3.83. The van der Waals surface area contributed by atoms with Gasteiger partial charge in [0.1, 0.15) is 0 Å². The number of halogens is 1. The van der Waals surface area contributed by atoms with E-state index in [-0.39, 0.29) is 18.0 Å². The number of nitrogens with zero attached hydrogens (tertiary/aromatic N) is 1. The summed E-state index contributed by atoms with van der Waals surface area (Å²) in [5.74, 6) is -0.0425. The molecule has 0 aliphatic heterocycles. The van der Waals surface area contributed by atoms with Crippen LogP contribution in [-0.2, 0) is 11.3 Å². The third-order valence-corrected chi connectivity index (χ3v) is 4.33. The Morgan fingerprint density at radius 1 is 1.25 bits per heavy atom. The average Bonchev–Trinajstić information content (AvgIpc) is 2.55. The molecule has 2 rings (SSSR count). The van der Waals surface area contributed by atoms with E-state index < -0.39 is 5.69 Å². The van der Waals surface area contributed by atoms with Crippen molar-refractivity contribution in [3.8, 4) is 0 Å². The summed E-state index contributed by atoms with van der Waals surface area (Å²) in [6.45, 7) is 3.01. The number of nitrogens with one attached hydrogen (secondary N) is 2. The van der Waals surface area contributed by atoms with Gasteiger partial charge in [0.2, 0.25) is 5.91 Å². The van der Waals surface area contributed by atoms with Crippen molar-refractivity contribution in [2.45, 2.75) is 45.6 Å². The maximum absolute atomic E-state index is 12.4. The summed E-state index contributed by atoms with van der Waals surface area (Å²) in [6, 6.07) is 5.14. The topological polar surface area (TPSA) is 84.0 Å². The van der Waals surface area contributed by atoms with Crippen molar-refractivity contribution in [3.63, 3.8) is 0 Å². The first-order chi connectivity index (χ1) is 11.5. The summed E-state index contributed by atoms with van der Waals surface area (Å²) >= 11 is 3.32. The first-order valence-electron chi connectivity index (χ1n) is 8.22. The van der Waals surface area contributed by atoms with Gasteiger partial charge in [-0.3, -0.25) is 14.2 Å². The molecule has 0 bridgehead atoms. The van der Waals surface area contributed by atoms with E-state index in [2.05, 4.69) is 33.2 Å². The molecule has 0 unspecified atom stereocenters. The number of amides is 1. The van der Waals surface area contributed by atoms with Gasteiger partial charge in [-0.05, 0) is 31.0 Å². The summed E-state index contributed by atoms with van der Waals surface area (Å²) in [4.78, 5) is 38.9. The average molecular weight is 396 g/mol. The molecule has 130 valence electrons. The molecule has 7 heteroatoms. The van der Waals surface area contributed by atoms with Crippen LogP contribution in [0, 0.1) is 0 Å². The monoisotopic (exact) mass is 395 g/mol. The van der Waals surface area contributed by atoms with Crippen LogP contribution in [0.3, 0.4) is 0 Å². The maximum atomic E-state index is 12.4. The second-order valence-corrected chi connectivity index (χ2v) is 6.65. The molecule has 1 aromatic carbocycles. The molecule has 0 spiro atoms. The quantitative estimate of drug-likeness (QED) is 0.673. The summed E-state index contributed by atoms with van der Waals surface area (Å²) in [6.07, 6.45) is 3.93. The number of aromatic amines is 1. The third kappa shape index (κ3) is 4.80. The van der Waals surface area contributed by atoms with E-state index in [4.69, 9.17) is 0 Å². The van der Waals surface area contributed by atoms with Crippen molar-refractivity contribution in [1.29, 1.82) is 0 Å². The highest BCUT2D eigenvalue weighted by molar-refractivity contribution is 9.10. The molecule has 0 saturated carbocycles. The molecular formula is C17H22BrN3O3. The van der Waals surface area contributed by atoms with E-state index in [1.807, 2.05) is 0 Å². The highest BCUT2D eigenvalue weighted by Crippen LogP contribution is 2.14. The van der Waals surface area contributed by atoms with Gasteiger partial charge >= 0.3 is 5.69 Å². The van der Waals surface area contributed by atoms with Crippen LogP contribution < -0.4 is 16.6 Å². The molecule has 0 aliphatic carbocycles. The number of benzene rings is 1. The fourth-order valence-corrected chi connectivity index (χ4v) is 2.88. The highest BCUT2D eigenvalue weighted by atomic mass is 79.9. The number of unbranched alkanes of at least 4 members (excludes halogenated alkanes) is 2. The SMILES string of the molecule is CCCCCNC(=O)CCCn1c(=O)[nH]c2ccc(Br)cc2c1=O. The van der Waals surface area contributed by atoms with Crippen molar-refractivity contribution in [2.75, 3.05) is 6.54 Å². The summed E-state index contributed by atoms with van der Waals surface area (Å²) in [5.41, 5.74) is -0.269. The number of carbonyl (C=O) groups excluding carboxylic acids is 1. The minimum atomic E-state index is -0.446. The van der Waals surface area contributed by atoms with Gasteiger partial charge < -0.3 is 10.3 Å². The Kier molecular flexibility index (Phi) is 6.78. The van der Waals surface area contributed by atoms with E-state index in [0.29, 0.717) is 30.3 Å². The molecule has 24 heavy (non-hydrogen) atoms. The Balaban J connectivity index is 1.99. The van der Waals surface area contributed by atoms with Gasteiger partial charge in [-0.25, -0.2) is 4.79 Å². The van der Waals surface area contributed by atoms with Gasteiger partial charge in [0.15, 0.2) is 0 Å². The zero-order chi connectivity index (χ0) is 17.5. The second kappa shape index (κ2) is 8.82. The fraction of sp³-hybridized carbons (Fsp3) is 0.471. The highest BCUT2D eigenvalue weighted by Gasteiger charge is 2.09. The zero-order valence-corrected chi connectivity index (χ0v) is 15.3. The van der Waals surface area contributed by atoms with Crippen molar-refractivity contribution in [3.05, 3.63) is 43.5 Å². The minimum Gasteiger partial charge on any atom is -0.356 e. The Morgan fingerprint density at radius 3 is 2.79 bits per heavy atom. The van der Waals surface area contributed by atoms with Crippen molar-refractivity contribution >= 4 is 32.7 Å². The first kappa shape index (κ1) is 18.4. The normalized spacial score (nSPS) is 10.9. The number of hydrogen-bond acceptors (Lipinski definition) is 3. The predicted molar refractivity (Wildman–Crippen MR) is 98.3 cm³/mol. The smallest absolute Gasteiger partial charge is 0.328 e. The second-order valence-electron chi connectivity index (χ2n) is 5.74. The molecule has 0 aliphatic rings. The molecule has 0 radical (unpaired) electrons. The van der Waals surface area contributed by atoms with Gasteiger partial charge in [0, 0.05) is 24.0 Å². The van der Waals surface area contributed by atoms with Crippen LogP contribution in [0.5, 0.6) is 0 Å². The van der Waals surface area contributed by atoms with Gasteiger partial charge in [-0.1, -0.05) is 35.7 Å². The molecule has 2 aromatic rings. The van der Waals surface area contributed by atoms with Crippen LogP contribution in [0.4, 0.5) is 0 Å². The number of aromatic nitrogens is 2. The largest absolute Gasteiger partial charge is 0.356 e. The molecule has 0 atom stereocenters. The van der Waals surface area contributed by atoms with Crippen molar-refractivity contribution in [1.82, 2.24) is 14.9 Å². The molecule has 0 fully saturated rings. The molecule has 1 aromatic heterocycles. The Hall–Kier alpha value is -1.89. The van der Waals surface area contributed by atoms with Gasteiger partial charge in [-0.2, -0.15) is 0 Å². The molecule has 1 amide bonds. The van der Waals surface area contributed by atoms with Crippen LogP contribution in [-0.4, -0.2) is 22.0 Å². The minimum absolute atomic E-state index is 0.0425. The standard InChI is InChI=1S/C17H22BrN3O3/c1-2-3-4-9-19-15(22)6-5-10-21-16(23)13-11-12(18)7-8-14(13)20-17(21)24/h7-8,11H,2-6,9-10H2,1H3,(H,19,22)(H,20,24). The Labute approximate surface area is 148 Å². The molecule has 2 N–H and O–H groups in total. The van der Waals surface area contributed by atoms with Gasteiger partial charge in [0.25, 0.3) is 5.56 Å². The van der Waals surface area contributed by atoms with Crippen molar-refractivity contribution in [2.24, 2.45) is 0 Å². The maximum Gasteiger partial charge on any atom is 0.328 e. The van der Waals surface area contributed by atoms with Gasteiger partial charge in [-0.15, -0.1) is 0 Å². The van der Waals surface area contributed by atoms with E-state index in [0.717, 1.165) is 28.3 Å². The van der Waals surface area contributed by atoms with Crippen LogP contribution in [0.25, 0.3) is 10.9 Å². The van der Waals surface area contributed by atoms with E-state index in [1.165, 1.54) is 0 Å². The molecular weight excluding hydrogens is 374 g/mol. The number of hydrogen-bond donors (Lipinski definition) is 2. The lowest BCUT2D eigenvalue weighted by Crippen LogP contribution is -2.35. The molecule has 1 heterocycles. The summed E-state index contributed by atoms with van der Waals surface area (Å²) < 4.78 is 1.93. The predicted octanol–water partition coefficient (Wildman–Crippen LogP) is 2.54. The van der Waals surface area contributed by atoms with E-state index in [1.54, 1.807) is 18.2 Å². The van der Waals surface area contributed by atoms with Crippen LogP contribution in [0.1, 0.15) is 39.0 Å². The lowest BCUT2D eigenvalue weighted by Gasteiger charge is -2.07. The van der Waals surface area contributed by atoms with Crippen molar-refractivity contribution < 1.29 is 4.79 Å². The van der Waals surface area contributed by atoms with Crippen LogP contribution >= 0.6 is 15.9 Å². The fourth-order valence-electron chi connectivity index (χ4n) is 2.51. The Morgan fingerprint density at radius 2 is 2.04 bits per heavy atom.